The average Bonchev–Trinajstić information content (AvgIpc) is 3.08. The molecule has 114 valence electrons. The number of nitrogens with one attached hydrogen (secondary N) is 3. The zero-order valence-electron chi connectivity index (χ0n) is 11.6. The quantitative estimate of drug-likeness (QED) is 0.526. The van der Waals surface area contributed by atoms with Crippen LogP contribution in [0.4, 0.5) is 5.69 Å². The Morgan fingerprint density at radius 1 is 1.04 bits per heavy atom. The minimum atomic E-state index is -0.380. The highest BCUT2D eigenvalue weighted by atomic mass is 35.5. The number of carbonyl (C=O) groups is 1. The number of amides is 1. The van der Waals surface area contributed by atoms with E-state index < -0.39 is 0 Å². The van der Waals surface area contributed by atoms with Crippen molar-refractivity contribution in [3.05, 3.63) is 63.7 Å². The van der Waals surface area contributed by atoms with Crippen molar-refractivity contribution in [2.45, 2.75) is 0 Å². The molecular weight excluding hydrogens is 318 g/mol. The predicted molar refractivity (Wildman–Crippen MR) is 88.1 cm³/mol. The van der Waals surface area contributed by atoms with Gasteiger partial charge in [0.1, 0.15) is 5.58 Å². The molecule has 4 rings (SSSR count). The van der Waals surface area contributed by atoms with Crippen LogP contribution in [0.1, 0.15) is 10.6 Å². The van der Waals surface area contributed by atoms with E-state index in [2.05, 4.69) is 15.3 Å². The first-order valence-electron chi connectivity index (χ1n) is 6.81. The van der Waals surface area contributed by atoms with Crippen molar-refractivity contribution < 1.29 is 9.21 Å². The van der Waals surface area contributed by atoms with Gasteiger partial charge in [0.25, 0.3) is 5.91 Å². The first-order chi connectivity index (χ1) is 11.1. The van der Waals surface area contributed by atoms with Gasteiger partial charge in [-0.3, -0.25) is 4.79 Å². The molecule has 0 aliphatic rings. The van der Waals surface area contributed by atoms with E-state index in [0.717, 1.165) is 5.39 Å². The van der Waals surface area contributed by atoms with Gasteiger partial charge in [0.15, 0.2) is 5.76 Å². The number of hydrogen-bond acceptors (Lipinski definition) is 3. The number of hydrogen-bond donors (Lipinski definition) is 3. The van der Waals surface area contributed by atoms with Crippen molar-refractivity contribution in [1.82, 2.24) is 9.97 Å². The normalized spacial score (nSPS) is 11.2. The topological polar surface area (TPSA) is 90.9 Å². The van der Waals surface area contributed by atoms with Gasteiger partial charge in [-0.2, -0.15) is 0 Å². The molecule has 2 aromatic carbocycles. The average molecular weight is 328 g/mol. The summed E-state index contributed by atoms with van der Waals surface area (Å²) in [6.45, 7) is 0. The number of benzene rings is 2. The van der Waals surface area contributed by atoms with Crippen LogP contribution in [0, 0.1) is 0 Å². The van der Waals surface area contributed by atoms with E-state index in [-0.39, 0.29) is 17.4 Å². The van der Waals surface area contributed by atoms with Crippen LogP contribution in [0.15, 0.2) is 51.7 Å². The molecule has 4 aromatic rings. The van der Waals surface area contributed by atoms with E-state index in [1.165, 1.54) is 0 Å². The number of aromatic amines is 2. The van der Waals surface area contributed by atoms with Gasteiger partial charge in [0, 0.05) is 16.1 Å². The second-order valence-electron chi connectivity index (χ2n) is 5.09. The number of anilines is 1. The molecule has 0 saturated carbocycles. The lowest BCUT2D eigenvalue weighted by Crippen LogP contribution is -2.10. The highest BCUT2D eigenvalue weighted by Gasteiger charge is 2.13. The van der Waals surface area contributed by atoms with Gasteiger partial charge in [0.05, 0.1) is 11.0 Å². The molecular formula is C16H10ClN3O3. The van der Waals surface area contributed by atoms with Crippen LogP contribution in [-0.2, 0) is 0 Å². The van der Waals surface area contributed by atoms with Crippen LogP contribution in [0.3, 0.4) is 0 Å². The number of imidazole rings is 1. The van der Waals surface area contributed by atoms with Gasteiger partial charge in [-0.05, 0) is 42.5 Å². The van der Waals surface area contributed by atoms with E-state index >= 15 is 0 Å². The zero-order valence-corrected chi connectivity index (χ0v) is 12.4. The fourth-order valence-electron chi connectivity index (χ4n) is 2.43. The summed E-state index contributed by atoms with van der Waals surface area (Å²) in [5.41, 5.74) is 2.13. The molecule has 0 spiro atoms. The Morgan fingerprint density at radius 2 is 1.87 bits per heavy atom. The summed E-state index contributed by atoms with van der Waals surface area (Å²) in [5.74, 6) is -0.195. The lowest BCUT2D eigenvalue weighted by atomic mass is 10.2. The van der Waals surface area contributed by atoms with Gasteiger partial charge in [-0.1, -0.05) is 11.6 Å². The molecule has 3 N–H and O–H groups in total. The smallest absolute Gasteiger partial charge is 0.323 e. The number of fused-ring (bicyclic) bond motifs is 2. The number of aromatic nitrogens is 2. The highest BCUT2D eigenvalue weighted by molar-refractivity contribution is 6.31. The summed E-state index contributed by atoms with van der Waals surface area (Å²) in [6.07, 6.45) is 0. The van der Waals surface area contributed by atoms with Crippen LogP contribution in [0.25, 0.3) is 22.0 Å². The van der Waals surface area contributed by atoms with Crippen molar-refractivity contribution in [2.24, 2.45) is 0 Å². The molecule has 0 aliphatic heterocycles. The SMILES string of the molecule is O=C(Nc1ccc2[nH]c(=O)[nH]c2c1)c1cc2cc(Cl)ccc2o1. The van der Waals surface area contributed by atoms with Crippen molar-refractivity contribution in [1.29, 1.82) is 0 Å². The molecule has 2 aromatic heterocycles. The molecule has 0 fully saturated rings. The molecule has 0 unspecified atom stereocenters. The van der Waals surface area contributed by atoms with Crippen molar-refractivity contribution in [2.75, 3.05) is 5.32 Å². The van der Waals surface area contributed by atoms with Crippen molar-refractivity contribution in [3.8, 4) is 0 Å². The minimum Gasteiger partial charge on any atom is -0.451 e. The van der Waals surface area contributed by atoms with Crippen molar-refractivity contribution in [3.63, 3.8) is 0 Å². The Bertz CT molecular complexity index is 1110. The monoisotopic (exact) mass is 327 g/mol. The Labute approximate surface area is 134 Å². The molecule has 0 bridgehead atoms. The minimum absolute atomic E-state index is 0.185. The van der Waals surface area contributed by atoms with E-state index in [9.17, 15) is 9.59 Å². The Balaban J connectivity index is 1.65. The fraction of sp³-hybridized carbons (Fsp3) is 0. The fourth-order valence-corrected chi connectivity index (χ4v) is 2.61. The predicted octanol–water partition coefficient (Wildman–Crippen LogP) is 3.51. The molecule has 0 aliphatic carbocycles. The largest absolute Gasteiger partial charge is 0.451 e. The van der Waals surface area contributed by atoms with E-state index in [4.69, 9.17) is 16.0 Å². The lowest BCUT2D eigenvalue weighted by Gasteiger charge is -2.02. The second-order valence-corrected chi connectivity index (χ2v) is 5.52. The van der Waals surface area contributed by atoms with E-state index in [0.29, 0.717) is 27.3 Å². The van der Waals surface area contributed by atoms with Crippen molar-refractivity contribution >= 4 is 45.2 Å². The lowest BCUT2D eigenvalue weighted by molar-refractivity contribution is 0.0998. The maximum absolute atomic E-state index is 12.3. The summed E-state index contributed by atoms with van der Waals surface area (Å²) in [6, 6.07) is 11.9. The number of H-pyrrole nitrogens is 2. The molecule has 0 atom stereocenters. The number of furan rings is 1. The van der Waals surface area contributed by atoms with Gasteiger partial charge in [-0.15, -0.1) is 0 Å². The zero-order chi connectivity index (χ0) is 16.0. The molecule has 1 amide bonds. The van der Waals surface area contributed by atoms with E-state index in [1.54, 1.807) is 42.5 Å². The van der Waals surface area contributed by atoms with Crippen LogP contribution in [0.5, 0.6) is 0 Å². The van der Waals surface area contributed by atoms with Crippen LogP contribution < -0.4 is 11.0 Å². The summed E-state index contributed by atoms with van der Waals surface area (Å²) < 4.78 is 5.51. The summed E-state index contributed by atoms with van der Waals surface area (Å²) >= 11 is 5.92. The second kappa shape index (κ2) is 5.03. The Morgan fingerprint density at radius 3 is 2.74 bits per heavy atom. The Kier molecular flexibility index (Phi) is 2.99. The number of halogens is 1. The third-order valence-electron chi connectivity index (χ3n) is 3.48. The standard InChI is InChI=1S/C16H10ClN3O3/c17-9-1-4-13-8(5-9)6-14(23-13)15(21)18-10-2-3-11-12(7-10)20-16(22)19-11/h1-7H,(H,18,21)(H2,19,20,22). The summed E-state index contributed by atoms with van der Waals surface area (Å²) in [4.78, 5) is 28.8. The molecule has 6 nitrogen and oxygen atoms in total. The third kappa shape index (κ3) is 2.49. The van der Waals surface area contributed by atoms with E-state index in [1.807, 2.05) is 0 Å². The molecule has 0 saturated heterocycles. The third-order valence-corrected chi connectivity index (χ3v) is 3.71. The summed E-state index contributed by atoms with van der Waals surface area (Å²) in [5, 5.41) is 4.07. The molecule has 0 radical (unpaired) electrons. The van der Waals surface area contributed by atoms with Gasteiger partial charge in [-0.25, -0.2) is 4.79 Å². The first kappa shape index (κ1) is 13.7. The summed E-state index contributed by atoms with van der Waals surface area (Å²) in [7, 11) is 0. The molecule has 23 heavy (non-hydrogen) atoms. The maximum Gasteiger partial charge on any atom is 0.323 e. The molecule has 7 heteroatoms. The van der Waals surface area contributed by atoms with Gasteiger partial charge < -0.3 is 19.7 Å². The first-order valence-corrected chi connectivity index (χ1v) is 7.19. The Hall–Kier alpha value is -2.99. The van der Waals surface area contributed by atoms with Crippen LogP contribution in [0.2, 0.25) is 5.02 Å². The molecule has 2 heterocycles. The number of carbonyl (C=O) groups excluding carboxylic acids is 1. The highest BCUT2D eigenvalue weighted by Crippen LogP contribution is 2.24. The maximum atomic E-state index is 12.3. The van der Waals surface area contributed by atoms with Gasteiger partial charge in [0.2, 0.25) is 0 Å². The van der Waals surface area contributed by atoms with Crippen LogP contribution in [-0.4, -0.2) is 15.9 Å². The number of rotatable bonds is 2. The van der Waals surface area contributed by atoms with Gasteiger partial charge >= 0.3 is 5.69 Å². The van der Waals surface area contributed by atoms with Crippen LogP contribution >= 0.6 is 11.6 Å².